The minimum Gasteiger partial charge on any atom is -0.480 e. The molecule has 0 saturated carbocycles. The Morgan fingerprint density at radius 2 is 2.07 bits per heavy atom. The van der Waals surface area contributed by atoms with Gasteiger partial charge in [-0.2, -0.15) is 0 Å². The van der Waals surface area contributed by atoms with E-state index in [1.807, 2.05) is 6.07 Å². The number of aldehydes is 1. The summed E-state index contributed by atoms with van der Waals surface area (Å²) in [6.07, 6.45) is 1.08. The molecule has 0 fully saturated rings. The molecule has 0 heterocycles. The van der Waals surface area contributed by atoms with Crippen LogP contribution in [0.25, 0.3) is 0 Å². The molecule has 4 nitrogen and oxygen atoms in total. The molecule has 0 aromatic heterocycles. The number of carbonyl (C=O) groups is 2. The Balaban J connectivity index is 2.66. The fourth-order valence-electron chi connectivity index (χ4n) is 1.28. The van der Waals surface area contributed by atoms with E-state index in [1.165, 1.54) is 0 Å². The predicted octanol–water partition coefficient (Wildman–Crippen LogP) is 0.991. The summed E-state index contributed by atoms with van der Waals surface area (Å²) < 4.78 is 0. The molecule has 0 radical (unpaired) electrons. The highest BCUT2D eigenvalue weighted by molar-refractivity contribution is 5.75. The van der Waals surface area contributed by atoms with Crippen LogP contribution in [0.5, 0.6) is 0 Å². The minimum absolute atomic E-state index is 0.316. The van der Waals surface area contributed by atoms with Gasteiger partial charge in [-0.25, -0.2) is 0 Å². The first-order chi connectivity index (χ1) is 7.25. The van der Waals surface area contributed by atoms with Crippen LogP contribution in [-0.2, 0) is 9.59 Å². The highest BCUT2D eigenvalue weighted by Gasteiger charge is 2.17. The summed E-state index contributed by atoms with van der Waals surface area (Å²) >= 11 is 0. The number of carboxylic acid groups (broad SMARTS) is 1. The van der Waals surface area contributed by atoms with Crippen LogP contribution in [0.4, 0.5) is 0 Å². The average Bonchev–Trinajstić information content (AvgIpc) is 2.25. The Bertz CT molecular complexity index is 324. The monoisotopic (exact) mass is 207 g/mol. The first-order valence-corrected chi connectivity index (χ1v) is 4.70. The van der Waals surface area contributed by atoms with Gasteiger partial charge in [0.05, 0.1) is 0 Å². The van der Waals surface area contributed by atoms with Gasteiger partial charge in [-0.3, -0.25) is 4.79 Å². The number of rotatable bonds is 6. The normalized spacial score (nSPS) is 12.0. The van der Waals surface area contributed by atoms with Gasteiger partial charge in [-0.15, -0.1) is 0 Å². The molecule has 1 aromatic carbocycles. The largest absolute Gasteiger partial charge is 0.480 e. The van der Waals surface area contributed by atoms with Crippen LogP contribution in [0.2, 0.25) is 0 Å². The van der Waals surface area contributed by atoms with Gasteiger partial charge in [0.1, 0.15) is 12.3 Å². The molecular formula is C11H13NO3. The second-order valence-corrected chi connectivity index (χ2v) is 3.09. The molecule has 0 bridgehead atoms. The molecule has 0 saturated heterocycles. The van der Waals surface area contributed by atoms with Crippen LogP contribution in [0, 0.1) is 0 Å². The van der Waals surface area contributed by atoms with Crippen molar-refractivity contribution in [2.24, 2.45) is 0 Å². The van der Waals surface area contributed by atoms with Crippen LogP contribution in [0.15, 0.2) is 30.3 Å². The summed E-state index contributed by atoms with van der Waals surface area (Å²) in [6.45, 7) is 0.370. The summed E-state index contributed by atoms with van der Waals surface area (Å²) in [4.78, 5) is 21.0. The van der Waals surface area contributed by atoms with E-state index in [1.54, 1.807) is 24.3 Å². The molecule has 80 valence electrons. The maximum atomic E-state index is 10.9. The lowest BCUT2D eigenvalue weighted by Crippen LogP contribution is -2.29. The molecule has 0 aliphatic heterocycles. The van der Waals surface area contributed by atoms with Crippen LogP contribution < -0.4 is 5.32 Å². The maximum absolute atomic E-state index is 10.9. The quantitative estimate of drug-likeness (QED) is 0.539. The van der Waals surface area contributed by atoms with E-state index in [2.05, 4.69) is 5.32 Å². The summed E-state index contributed by atoms with van der Waals surface area (Å²) in [6, 6.07) is 8.14. The average molecular weight is 207 g/mol. The van der Waals surface area contributed by atoms with Crippen molar-refractivity contribution < 1.29 is 14.7 Å². The van der Waals surface area contributed by atoms with Crippen molar-refractivity contribution in [1.82, 2.24) is 5.32 Å². The Morgan fingerprint density at radius 3 is 2.60 bits per heavy atom. The molecule has 1 aromatic rings. The van der Waals surface area contributed by atoms with E-state index in [0.29, 0.717) is 18.5 Å². The number of hydrogen-bond acceptors (Lipinski definition) is 3. The van der Waals surface area contributed by atoms with Gasteiger partial charge in [-0.05, 0) is 5.56 Å². The molecular weight excluding hydrogens is 194 g/mol. The Labute approximate surface area is 87.9 Å². The minimum atomic E-state index is -0.938. The topological polar surface area (TPSA) is 66.4 Å². The lowest BCUT2D eigenvalue weighted by atomic mass is 10.1. The van der Waals surface area contributed by atoms with Crippen molar-refractivity contribution in [3.8, 4) is 0 Å². The van der Waals surface area contributed by atoms with Gasteiger partial charge in [0, 0.05) is 13.0 Å². The van der Waals surface area contributed by atoms with E-state index in [4.69, 9.17) is 5.11 Å². The second-order valence-electron chi connectivity index (χ2n) is 3.09. The molecule has 0 amide bonds. The molecule has 0 aliphatic rings. The van der Waals surface area contributed by atoms with Gasteiger partial charge >= 0.3 is 5.97 Å². The van der Waals surface area contributed by atoms with Crippen molar-refractivity contribution in [3.05, 3.63) is 35.9 Å². The Morgan fingerprint density at radius 1 is 1.40 bits per heavy atom. The molecule has 1 unspecified atom stereocenters. The summed E-state index contributed by atoms with van der Waals surface area (Å²) in [5.41, 5.74) is 0.691. The summed E-state index contributed by atoms with van der Waals surface area (Å²) in [7, 11) is 0. The lowest BCUT2D eigenvalue weighted by Gasteiger charge is -2.13. The zero-order chi connectivity index (χ0) is 11.1. The smallest absolute Gasteiger partial charge is 0.325 e. The number of carboxylic acids is 1. The SMILES string of the molecule is O=CCCNC(C(=O)O)c1ccccc1. The number of benzene rings is 1. The molecule has 0 aliphatic carbocycles. The van der Waals surface area contributed by atoms with E-state index >= 15 is 0 Å². The summed E-state index contributed by atoms with van der Waals surface area (Å²) in [5.74, 6) is -0.938. The molecule has 0 spiro atoms. The third-order valence-corrected chi connectivity index (χ3v) is 1.99. The van der Waals surface area contributed by atoms with Crippen molar-refractivity contribution in [2.75, 3.05) is 6.54 Å². The van der Waals surface area contributed by atoms with E-state index < -0.39 is 12.0 Å². The third-order valence-electron chi connectivity index (χ3n) is 1.99. The fraction of sp³-hybridized carbons (Fsp3) is 0.273. The number of aliphatic carboxylic acids is 1. The molecule has 1 atom stereocenters. The first-order valence-electron chi connectivity index (χ1n) is 4.70. The van der Waals surface area contributed by atoms with Crippen molar-refractivity contribution in [1.29, 1.82) is 0 Å². The van der Waals surface area contributed by atoms with Gasteiger partial charge in [-0.1, -0.05) is 30.3 Å². The van der Waals surface area contributed by atoms with E-state index in [-0.39, 0.29) is 0 Å². The van der Waals surface area contributed by atoms with Crippen LogP contribution >= 0.6 is 0 Å². The van der Waals surface area contributed by atoms with Crippen molar-refractivity contribution in [2.45, 2.75) is 12.5 Å². The van der Waals surface area contributed by atoms with Gasteiger partial charge in [0.25, 0.3) is 0 Å². The van der Waals surface area contributed by atoms with Gasteiger partial charge < -0.3 is 15.2 Å². The zero-order valence-electron chi connectivity index (χ0n) is 8.22. The lowest BCUT2D eigenvalue weighted by molar-refractivity contribution is -0.139. The van der Waals surface area contributed by atoms with E-state index in [0.717, 1.165) is 6.29 Å². The highest BCUT2D eigenvalue weighted by Crippen LogP contribution is 2.12. The van der Waals surface area contributed by atoms with Crippen LogP contribution in [0.1, 0.15) is 18.0 Å². The predicted molar refractivity (Wildman–Crippen MR) is 55.5 cm³/mol. The first kappa shape index (κ1) is 11.4. The van der Waals surface area contributed by atoms with E-state index in [9.17, 15) is 9.59 Å². The molecule has 15 heavy (non-hydrogen) atoms. The zero-order valence-corrected chi connectivity index (χ0v) is 8.22. The third kappa shape index (κ3) is 3.52. The van der Waals surface area contributed by atoms with Crippen LogP contribution in [0.3, 0.4) is 0 Å². The second kappa shape index (κ2) is 5.93. The Hall–Kier alpha value is -1.68. The molecule has 1 rings (SSSR count). The summed E-state index contributed by atoms with van der Waals surface area (Å²) in [5, 5.41) is 11.8. The molecule has 2 N–H and O–H groups in total. The van der Waals surface area contributed by atoms with Crippen molar-refractivity contribution >= 4 is 12.3 Å². The number of nitrogens with one attached hydrogen (secondary N) is 1. The van der Waals surface area contributed by atoms with Crippen LogP contribution in [-0.4, -0.2) is 23.9 Å². The standard InChI is InChI=1S/C11H13NO3/c13-8-4-7-12-10(11(14)15)9-5-2-1-3-6-9/h1-3,5-6,8,10,12H,4,7H2,(H,14,15). The highest BCUT2D eigenvalue weighted by atomic mass is 16.4. The number of hydrogen-bond donors (Lipinski definition) is 2. The fourth-order valence-corrected chi connectivity index (χ4v) is 1.28. The maximum Gasteiger partial charge on any atom is 0.325 e. The van der Waals surface area contributed by atoms with Crippen molar-refractivity contribution in [3.63, 3.8) is 0 Å². The Kier molecular flexibility index (Phi) is 4.50. The number of carbonyl (C=O) groups excluding carboxylic acids is 1. The van der Waals surface area contributed by atoms with Gasteiger partial charge in [0.15, 0.2) is 0 Å². The van der Waals surface area contributed by atoms with Gasteiger partial charge in [0.2, 0.25) is 0 Å². The molecule has 4 heteroatoms.